The highest BCUT2D eigenvalue weighted by Gasteiger charge is 2.57. The summed E-state index contributed by atoms with van der Waals surface area (Å²) in [5.41, 5.74) is -1.000. The highest BCUT2D eigenvalue weighted by Crippen LogP contribution is 2.40. The smallest absolute Gasteiger partial charge is 0.408 e. The van der Waals surface area contributed by atoms with E-state index in [0.29, 0.717) is 19.3 Å². The fourth-order valence-corrected chi connectivity index (χ4v) is 8.85. The molecule has 56 heavy (non-hydrogen) atoms. The number of aliphatic hydroxyl groups excluding tert-OH is 1. The molecule has 1 aromatic carbocycles. The van der Waals surface area contributed by atoms with Crippen LogP contribution in [0.25, 0.3) is 17.0 Å². The number of aromatic nitrogens is 1. The van der Waals surface area contributed by atoms with Crippen molar-refractivity contribution in [3.63, 3.8) is 0 Å². The van der Waals surface area contributed by atoms with Gasteiger partial charge in [-0.1, -0.05) is 64.5 Å². The predicted octanol–water partition coefficient (Wildman–Crippen LogP) is 5.50. The molecule has 13 heteroatoms. The Labute approximate surface area is 330 Å². The number of hydrogen-bond acceptors (Lipinski definition) is 12. The second kappa shape index (κ2) is 17.8. The van der Waals surface area contributed by atoms with E-state index in [2.05, 4.69) is 10.3 Å². The summed E-state index contributed by atoms with van der Waals surface area (Å²) in [6.07, 6.45) is 1.80. The summed E-state index contributed by atoms with van der Waals surface area (Å²) < 4.78 is 31.6. The fourth-order valence-electron chi connectivity index (χ4n) is 8.85. The van der Waals surface area contributed by atoms with E-state index in [1.807, 2.05) is 75.3 Å². The normalized spacial score (nSPS) is 37.6. The number of benzene rings is 1. The first kappa shape index (κ1) is 43.4. The first-order valence-electron chi connectivity index (χ1n) is 20.0. The van der Waals surface area contributed by atoms with Gasteiger partial charge in [-0.25, -0.2) is 4.79 Å². The van der Waals surface area contributed by atoms with Crippen molar-refractivity contribution in [3.05, 3.63) is 48.2 Å². The number of hydrogen-bond donors (Lipinski definition) is 2. The van der Waals surface area contributed by atoms with Crippen LogP contribution in [0, 0.1) is 23.7 Å². The number of nitrogens with zero attached hydrogens (tertiary/aromatic N) is 2. The highest BCUT2D eigenvalue weighted by atomic mass is 16.7. The number of amides is 1. The van der Waals surface area contributed by atoms with Gasteiger partial charge in [-0.15, -0.1) is 0 Å². The minimum atomic E-state index is -1.38. The lowest BCUT2D eigenvalue weighted by molar-refractivity contribution is -0.296. The number of cyclic esters (lactones) is 1. The van der Waals surface area contributed by atoms with Crippen LogP contribution in [0.15, 0.2) is 42.6 Å². The van der Waals surface area contributed by atoms with E-state index >= 15 is 0 Å². The van der Waals surface area contributed by atoms with Crippen molar-refractivity contribution < 1.29 is 48.0 Å². The molecule has 0 unspecified atom stereocenters. The van der Waals surface area contributed by atoms with Crippen molar-refractivity contribution in [3.8, 4) is 0 Å². The Morgan fingerprint density at radius 2 is 1.75 bits per heavy atom. The van der Waals surface area contributed by atoms with E-state index in [0.717, 1.165) is 16.5 Å². The average molecular weight is 780 g/mol. The minimum absolute atomic E-state index is 0.0618. The van der Waals surface area contributed by atoms with Crippen LogP contribution in [0.5, 0.6) is 0 Å². The summed E-state index contributed by atoms with van der Waals surface area (Å²) in [5.74, 6) is -5.10. The first-order valence-corrected chi connectivity index (χ1v) is 20.0. The van der Waals surface area contributed by atoms with Gasteiger partial charge in [0.05, 0.1) is 36.0 Å². The van der Waals surface area contributed by atoms with Crippen molar-refractivity contribution in [1.82, 2.24) is 15.2 Å². The summed E-state index contributed by atoms with van der Waals surface area (Å²) in [6.45, 7) is 14.0. The zero-order valence-electron chi connectivity index (χ0n) is 34.5. The third-order valence-electron chi connectivity index (χ3n) is 12.1. The van der Waals surface area contributed by atoms with E-state index in [9.17, 15) is 24.3 Å². The van der Waals surface area contributed by atoms with Gasteiger partial charge >= 0.3 is 12.1 Å². The number of fused-ring (bicyclic) bond motifs is 2. The van der Waals surface area contributed by atoms with Crippen LogP contribution in [-0.4, -0.2) is 113 Å². The van der Waals surface area contributed by atoms with E-state index in [4.69, 9.17) is 23.7 Å². The molecule has 3 saturated heterocycles. The van der Waals surface area contributed by atoms with E-state index in [-0.39, 0.29) is 31.0 Å². The maximum Gasteiger partial charge on any atom is 0.408 e. The van der Waals surface area contributed by atoms with Gasteiger partial charge in [0.15, 0.2) is 17.7 Å². The molecule has 2 N–H and O–H groups in total. The third kappa shape index (κ3) is 9.18. The molecule has 3 aliphatic heterocycles. The molecular formula is C43H61N3O10. The fraction of sp³-hybridized carbons (Fsp3) is 0.651. The quantitative estimate of drug-likeness (QED) is 0.243. The minimum Gasteiger partial charge on any atom is -0.457 e. The Morgan fingerprint density at radius 1 is 1.04 bits per heavy atom. The van der Waals surface area contributed by atoms with Gasteiger partial charge in [0.1, 0.15) is 23.9 Å². The van der Waals surface area contributed by atoms with E-state index in [1.54, 1.807) is 40.8 Å². The van der Waals surface area contributed by atoms with Gasteiger partial charge in [0, 0.05) is 35.4 Å². The molecule has 13 atom stereocenters. The molecule has 4 heterocycles. The van der Waals surface area contributed by atoms with E-state index in [1.165, 1.54) is 6.92 Å². The maximum atomic E-state index is 14.5. The summed E-state index contributed by atoms with van der Waals surface area (Å²) in [4.78, 5) is 62.2. The summed E-state index contributed by atoms with van der Waals surface area (Å²) in [5, 5.41) is 15.4. The van der Waals surface area contributed by atoms with Crippen LogP contribution in [0.3, 0.4) is 0 Å². The lowest BCUT2D eigenvalue weighted by atomic mass is 9.73. The van der Waals surface area contributed by atoms with Crippen LogP contribution >= 0.6 is 0 Å². The number of Topliss-reactive ketones (excluding diaryl/α,β-unsaturated/α-hetero) is 2. The second-order valence-electron chi connectivity index (χ2n) is 16.7. The third-order valence-corrected chi connectivity index (χ3v) is 12.1. The molecule has 3 aliphatic rings. The highest BCUT2D eigenvalue weighted by molar-refractivity contribution is 6.00. The lowest BCUT2D eigenvalue weighted by Gasteiger charge is -2.47. The molecule has 0 bridgehead atoms. The number of carbonyl (C=O) groups excluding carboxylic acids is 4. The molecule has 0 radical (unpaired) electrons. The molecule has 2 aromatic rings. The molecule has 1 amide bonds. The standard InChI is InChI=1S/C43H61N3O10/c1-11-15-33-43(8)37(45-41(51)56-43)26(4)34(47)24(2)22-42(7,52-19-14-16-29-21-30-17-12-13-18-31(30)44-23-29)38(27(5)35(48)28(6)39(50)54-33)55-40-36(49)32(46(9)10)20-25(3)53-40/h12-14,16-18,21,23-28,32-33,36-38,40,49H,11,15,19-20,22H2,1-10H3,(H,45,51)/b16-14+/t24-,25-,26+,27+,28-,32+,33-,36-,37+,38-,40+,42-,43-/m1/s1. The van der Waals surface area contributed by atoms with Gasteiger partial charge in [-0.2, -0.15) is 0 Å². The van der Waals surface area contributed by atoms with Crippen molar-refractivity contribution in [2.45, 2.75) is 135 Å². The molecule has 5 rings (SSSR count). The molecule has 308 valence electrons. The number of rotatable bonds is 9. The van der Waals surface area contributed by atoms with Crippen LogP contribution < -0.4 is 5.32 Å². The predicted molar refractivity (Wildman–Crippen MR) is 210 cm³/mol. The van der Waals surface area contributed by atoms with Crippen LogP contribution in [0.2, 0.25) is 0 Å². The van der Waals surface area contributed by atoms with Gasteiger partial charge in [0.2, 0.25) is 0 Å². The van der Waals surface area contributed by atoms with Crippen molar-refractivity contribution in [2.75, 3.05) is 20.7 Å². The Bertz CT molecular complexity index is 1770. The summed E-state index contributed by atoms with van der Waals surface area (Å²) in [7, 11) is 3.75. The van der Waals surface area contributed by atoms with Gasteiger partial charge < -0.3 is 39.0 Å². The monoisotopic (exact) mass is 779 g/mol. The van der Waals surface area contributed by atoms with Crippen LogP contribution in [0.4, 0.5) is 4.79 Å². The number of ether oxygens (including phenoxy) is 5. The molecule has 0 aliphatic carbocycles. The number of aliphatic hydroxyl groups is 1. The molecule has 13 nitrogen and oxygen atoms in total. The Morgan fingerprint density at radius 3 is 2.45 bits per heavy atom. The number of likely N-dealkylation sites (N-methyl/N-ethyl adjacent to an activating group) is 1. The summed E-state index contributed by atoms with van der Waals surface area (Å²) >= 11 is 0. The SMILES string of the molecule is CCC[C@H]1OC(=O)[C@H](C)C(=O)[C@H](C)[C@@H](O[C@@H]2O[C@H](C)C[C@H](N(C)C)[C@H]2O)[C@](C)(OC/C=C/c2cnc3ccccc3c2)C[C@@H](C)C(=O)[C@H](C)[C@@H]2NC(=O)O[C@]12C. The summed E-state index contributed by atoms with van der Waals surface area (Å²) in [6, 6.07) is 8.71. The van der Waals surface area contributed by atoms with Crippen molar-refractivity contribution in [2.24, 2.45) is 23.7 Å². The number of pyridine rings is 1. The number of alkyl carbamates (subject to hydrolysis) is 1. The Kier molecular flexibility index (Phi) is 13.8. The molecule has 3 fully saturated rings. The maximum absolute atomic E-state index is 14.5. The first-order chi connectivity index (χ1) is 26.4. The van der Waals surface area contributed by atoms with Crippen molar-refractivity contribution >= 4 is 40.6 Å². The Hall–Kier alpha value is -3.75. The largest absolute Gasteiger partial charge is 0.457 e. The number of carbonyl (C=O) groups is 4. The zero-order chi connectivity index (χ0) is 41.1. The number of esters is 1. The van der Waals surface area contributed by atoms with Crippen LogP contribution in [0.1, 0.15) is 86.6 Å². The second-order valence-corrected chi connectivity index (χ2v) is 16.7. The van der Waals surface area contributed by atoms with E-state index < -0.39 is 83.4 Å². The van der Waals surface area contributed by atoms with Gasteiger partial charge in [0.25, 0.3) is 0 Å². The molecule has 0 spiro atoms. The Balaban J connectivity index is 1.56. The molecular weight excluding hydrogens is 718 g/mol. The number of ketones is 2. The lowest BCUT2D eigenvalue weighted by Crippen LogP contribution is -2.60. The molecule has 0 saturated carbocycles. The topological polar surface area (TPSA) is 163 Å². The van der Waals surface area contributed by atoms with Crippen molar-refractivity contribution in [1.29, 1.82) is 0 Å². The van der Waals surface area contributed by atoms with Gasteiger partial charge in [-0.3, -0.25) is 19.4 Å². The average Bonchev–Trinajstić information content (AvgIpc) is 3.48. The molecule has 1 aromatic heterocycles. The zero-order valence-corrected chi connectivity index (χ0v) is 34.5. The van der Waals surface area contributed by atoms with Crippen LogP contribution in [-0.2, 0) is 38.1 Å². The number of nitrogens with one attached hydrogen (secondary N) is 1. The number of para-hydroxylation sites is 1. The van der Waals surface area contributed by atoms with Gasteiger partial charge in [-0.05, 0) is 78.7 Å².